The SMILES string of the molecule is C=C(CC(C)(C)C)OC(=C)OC(C)(C)C. The number of rotatable bonds is 4. The first-order valence-electron chi connectivity index (χ1n) is 5.23. The van der Waals surface area contributed by atoms with Gasteiger partial charge >= 0.3 is 0 Å². The van der Waals surface area contributed by atoms with Crippen LogP contribution in [0.3, 0.4) is 0 Å². The number of ether oxygens (including phenoxy) is 2. The third-order valence-electron chi connectivity index (χ3n) is 1.41. The van der Waals surface area contributed by atoms with Crippen molar-refractivity contribution in [1.82, 2.24) is 0 Å². The minimum absolute atomic E-state index is 0.166. The zero-order valence-corrected chi connectivity index (χ0v) is 10.9. The van der Waals surface area contributed by atoms with Gasteiger partial charge in [0, 0.05) is 6.42 Å². The molecule has 0 radical (unpaired) electrons. The van der Waals surface area contributed by atoms with Gasteiger partial charge in [-0.25, -0.2) is 0 Å². The van der Waals surface area contributed by atoms with Crippen molar-refractivity contribution in [2.45, 2.75) is 53.6 Å². The highest BCUT2D eigenvalue weighted by atomic mass is 16.7. The molecule has 0 aliphatic carbocycles. The van der Waals surface area contributed by atoms with Gasteiger partial charge in [0.15, 0.2) is 0 Å². The van der Waals surface area contributed by atoms with Crippen molar-refractivity contribution in [1.29, 1.82) is 0 Å². The molecule has 0 bridgehead atoms. The van der Waals surface area contributed by atoms with Gasteiger partial charge in [-0.1, -0.05) is 27.4 Å². The van der Waals surface area contributed by atoms with Gasteiger partial charge in [0.1, 0.15) is 11.4 Å². The summed E-state index contributed by atoms with van der Waals surface area (Å²) in [7, 11) is 0. The van der Waals surface area contributed by atoms with Crippen LogP contribution in [-0.2, 0) is 9.47 Å². The summed E-state index contributed by atoms with van der Waals surface area (Å²) >= 11 is 0. The predicted octanol–water partition coefficient (Wildman–Crippen LogP) is 4.24. The van der Waals surface area contributed by atoms with Crippen molar-refractivity contribution < 1.29 is 9.47 Å². The molecule has 0 aromatic heterocycles. The molecule has 0 saturated heterocycles. The average molecular weight is 212 g/mol. The minimum Gasteiger partial charge on any atom is -0.460 e. The van der Waals surface area contributed by atoms with E-state index in [1.54, 1.807) is 0 Å². The smallest absolute Gasteiger partial charge is 0.277 e. The molecule has 0 heterocycles. The third kappa shape index (κ3) is 9.39. The van der Waals surface area contributed by atoms with Gasteiger partial charge in [0.2, 0.25) is 0 Å². The molecule has 0 spiro atoms. The molecule has 0 aromatic carbocycles. The maximum Gasteiger partial charge on any atom is 0.277 e. The van der Waals surface area contributed by atoms with E-state index < -0.39 is 0 Å². The number of hydrogen-bond donors (Lipinski definition) is 0. The van der Waals surface area contributed by atoms with E-state index in [0.29, 0.717) is 11.7 Å². The number of hydrogen-bond acceptors (Lipinski definition) is 2. The van der Waals surface area contributed by atoms with Crippen LogP contribution in [0, 0.1) is 5.41 Å². The summed E-state index contributed by atoms with van der Waals surface area (Å²) in [5, 5.41) is 0. The van der Waals surface area contributed by atoms with E-state index in [1.807, 2.05) is 20.8 Å². The van der Waals surface area contributed by atoms with E-state index in [9.17, 15) is 0 Å². The van der Waals surface area contributed by atoms with Gasteiger partial charge in [-0.15, -0.1) is 0 Å². The number of allylic oxidation sites excluding steroid dienone is 1. The van der Waals surface area contributed by atoms with E-state index in [4.69, 9.17) is 9.47 Å². The van der Waals surface area contributed by atoms with Crippen molar-refractivity contribution in [2.75, 3.05) is 0 Å². The summed E-state index contributed by atoms with van der Waals surface area (Å²) in [6, 6.07) is 0. The van der Waals surface area contributed by atoms with Crippen LogP contribution in [0.5, 0.6) is 0 Å². The molecule has 0 unspecified atom stereocenters. The molecular formula is C13H24O2. The maximum atomic E-state index is 5.45. The Morgan fingerprint density at radius 2 is 1.47 bits per heavy atom. The van der Waals surface area contributed by atoms with E-state index in [1.165, 1.54) is 0 Å². The van der Waals surface area contributed by atoms with E-state index in [-0.39, 0.29) is 11.0 Å². The van der Waals surface area contributed by atoms with Gasteiger partial charge in [-0.05, 0) is 32.8 Å². The van der Waals surface area contributed by atoms with Crippen LogP contribution < -0.4 is 0 Å². The lowest BCUT2D eigenvalue weighted by atomic mass is 9.92. The Labute approximate surface area is 94.0 Å². The Morgan fingerprint density at radius 3 is 1.80 bits per heavy atom. The Morgan fingerprint density at radius 1 is 1.00 bits per heavy atom. The third-order valence-corrected chi connectivity index (χ3v) is 1.41. The molecule has 2 nitrogen and oxygen atoms in total. The highest BCUT2D eigenvalue weighted by Crippen LogP contribution is 2.25. The molecule has 0 aromatic rings. The van der Waals surface area contributed by atoms with Gasteiger partial charge in [0.05, 0.1) is 0 Å². The second-order valence-corrected chi connectivity index (χ2v) is 5.96. The van der Waals surface area contributed by atoms with Crippen LogP contribution in [-0.4, -0.2) is 5.60 Å². The van der Waals surface area contributed by atoms with Crippen LogP contribution in [0.1, 0.15) is 48.0 Å². The Bertz CT molecular complexity index is 212. The normalized spacial score (nSPS) is 12.1. The summed E-state index contributed by atoms with van der Waals surface area (Å²) in [6.45, 7) is 19.8. The lowest BCUT2D eigenvalue weighted by molar-refractivity contribution is -0.0275. The molecule has 2 heteroatoms. The second kappa shape index (κ2) is 4.73. The molecule has 0 aliphatic rings. The van der Waals surface area contributed by atoms with Crippen molar-refractivity contribution >= 4 is 0 Å². The van der Waals surface area contributed by atoms with Gasteiger partial charge in [-0.3, -0.25) is 0 Å². The molecule has 0 atom stereocenters. The largest absolute Gasteiger partial charge is 0.460 e. The van der Waals surface area contributed by atoms with Crippen molar-refractivity contribution in [2.24, 2.45) is 5.41 Å². The van der Waals surface area contributed by atoms with E-state index >= 15 is 0 Å². The Balaban J connectivity index is 4.04. The first-order valence-corrected chi connectivity index (χ1v) is 5.23. The highest BCUT2D eigenvalue weighted by molar-refractivity contribution is 4.92. The lowest BCUT2D eigenvalue weighted by Gasteiger charge is -2.24. The molecule has 0 amide bonds. The fourth-order valence-electron chi connectivity index (χ4n) is 1.15. The fraction of sp³-hybridized carbons (Fsp3) is 0.692. The molecule has 0 rings (SSSR count). The van der Waals surface area contributed by atoms with Crippen molar-refractivity contribution in [3.05, 3.63) is 24.9 Å². The molecule has 0 aliphatic heterocycles. The first-order chi connectivity index (χ1) is 6.49. The molecule has 0 saturated carbocycles. The van der Waals surface area contributed by atoms with Gasteiger partial charge in [0.25, 0.3) is 5.95 Å². The van der Waals surface area contributed by atoms with Crippen LogP contribution in [0.4, 0.5) is 0 Å². The summed E-state index contributed by atoms with van der Waals surface area (Å²) in [6.07, 6.45) is 0.791. The minimum atomic E-state index is -0.279. The van der Waals surface area contributed by atoms with Gasteiger partial charge in [-0.2, -0.15) is 0 Å². The van der Waals surface area contributed by atoms with Crippen LogP contribution >= 0.6 is 0 Å². The molecular weight excluding hydrogens is 188 g/mol. The van der Waals surface area contributed by atoms with Crippen LogP contribution in [0.25, 0.3) is 0 Å². The summed E-state index contributed by atoms with van der Waals surface area (Å²) in [4.78, 5) is 0. The monoisotopic (exact) mass is 212 g/mol. The maximum absolute atomic E-state index is 5.45. The standard InChI is InChI=1S/C13H24O2/c1-10(9-12(3,4)5)14-11(2)15-13(6,7)8/h1-2,9H2,3-8H3. The summed E-state index contributed by atoms with van der Waals surface area (Å²) < 4.78 is 10.8. The first kappa shape index (κ1) is 14.1. The second-order valence-electron chi connectivity index (χ2n) is 5.96. The topological polar surface area (TPSA) is 18.5 Å². The Hall–Kier alpha value is -0.920. The summed E-state index contributed by atoms with van der Waals surface area (Å²) in [5.74, 6) is 1.01. The Kier molecular flexibility index (Phi) is 4.44. The van der Waals surface area contributed by atoms with Crippen molar-refractivity contribution in [3.8, 4) is 0 Å². The predicted molar refractivity (Wildman–Crippen MR) is 64.3 cm³/mol. The quantitative estimate of drug-likeness (QED) is 0.649. The van der Waals surface area contributed by atoms with Gasteiger partial charge < -0.3 is 9.47 Å². The summed E-state index contributed by atoms with van der Waals surface area (Å²) in [5.41, 5.74) is -0.113. The average Bonchev–Trinajstić information content (AvgIpc) is 1.73. The fourth-order valence-corrected chi connectivity index (χ4v) is 1.15. The highest BCUT2D eigenvalue weighted by Gasteiger charge is 2.17. The molecule has 88 valence electrons. The molecule has 0 fully saturated rings. The zero-order chi connectivity index (χ0) is 12.3. The zero-order valence-electron chi connectivity index (χ0n) is 10.9. The van der Waals surface area contributed by atoms with E-state index in [2.05, 4.69) is 33.9 Å². The molecule has 15 heavy (non-hydrogen) atoms. The van der Waals surface area contributed by atoms with Crippen molar-refractivity contribution in [3.63, 3.8) is 0 Å². The lowest BCUT2D eigenvalue weighted by Crippen LogP contribution is -2.19. The molecule has 0 N–H and O–H groups in total. The van der Waals surface area contributed by atoms with E-state index in [0.717, 1.165) is 6.42 Å². The van der Waals surface area contributed by atoms with Crippen LogP contribution in [0.15, 0.2) is 24.9 Å². The van der Waals surface area contributed by atoms with Crippen LogP contribution in [0.2, 0.25) is 0 Å².